The summed E-state index contributed by atoms with van der Waals surface area (Å²) in [6, 6.07) is 0. The zero-order valence-electron chi connectivity index (χ0n) is 13.8. The monoisotopic (exact) mass is 334 g/mol. The molecule has 1 aromatic heterocycles. The van der Waals surface area contributed by atoms with Crippen molar-refractivity contribution in [2.24, 2.45) is 17.8 Å². The lowest BCUT2D eigenvalue weighted by Gasteiger charge is -2.33. The van der Waals surface area contributed by atoms with Gasteiger partial charge >= 0.3 is 0 Å². The third kappa shape index (κ3) is 2.75. The second kappa shape index (κ2) is 6.04. The summed E-state index contributed by atoms with van der Waals surface area (Å²) in [5, 5.41) is 7.35. The molecule has 0 spiro atoms. The standard InChI is InChI=1S/C17H26N4OS/c1-2-21-15(18-19-17(21)23)12-7-4-8-20(10-12)16(22)14-9-13(14)11-5-3-6-11/h11-14H,2-10H2,1H3,(H,19,23)/t12-,13+,14+/m1/s1. The number of nitrogens with zero attached hydrogens (tertiary/aromatic N) is 3. The van der Waals surface area contributed by atoms with E-state index >= 15 is 0 Å². The zero-order valence-corrected chi connectivity index (χ0v) is 14.6. The average Bonchev–Trinajstić information content (AvgIpc) is 3.19. The van der Waals surface area contributed by atoms with Crippen LogP contribution in [0.2, 0.25) is 0 Å². The van der Waals surface area contributed by atoms with Crippen LogP contribution in [0.1, 0.15) is 57.2 Å². The Bertz CT molecular complexity index is 647. The van der Waals surface area contributed by atoms with E-state index in [4.69, 9.17) is 12.2 Å². The average molecular weight is 334 g/mol. The molecule has 3 fully saturated rings. The van der Waals surface area contributed by atoms with Crippen molar-refractivity contribution in [1.29, 1.82) is 0 Å². The smallest absolute Gasteiger partial charge is 0.226 e. The fourth-order valence-corrected chi connectivity index (χ4v) is 4.73. The molecule has 126 valence electrons. The van der Waals surface area contributed by atoms with Gasteiger partial charge in [-0.2, -0.15) is 5.10 Å². The van der Waals surface area contributed by atoms with Crippen LogP contribution in [0.4, 0.5) is 0 Å². The Hall–Kier alpha value is -1.17. The Morgan fingerprint density at radius 1 is 1.35 bits per heavy atom. The first-order valence-corrected chi connectivity index (χ1v) is 9.53. The molecule has 1 saturated heterocycles. The number of carbonyl (C=O) groups excluding carboxylic acids is 1. The van der Waals surface area contributed by atoms with Gasteiger partial charge in [-0.05, 0) is 50.2 Å². The molecule has 2 heterocycles. The normalized spacial score (nSPS) is 31.0. The first-order chi connectivity index (χ1) is 11.2. The lowest BCUT2D eigenvalue weighted by molar-refractivity contribution is -0.134. The van der Waals surface area contributed by atoms with Crippen molar-refractivity contribution in [1.82, 2.24) is 19.7 Å². The molecule has 4 rings (SSSR count). The lowest BCUT2D eigenvalue weighted by atomic mass is 9.81. The maximum Gasteiger partial charge on any atom is 0.226 e. The molecule has 0 radical (unpaired) electrons. The molecule has 0 unspecified atom stereocenters. The van der Waals surface area contributed by atoms with Crippen molar-refractivity contribution in [2.75, 3.05) is 13.1 Å². The van der Waals surface area contributed by atoms with Gasteiger partial charge in [0.2, 0.25) is 5.91 Å². The van der Waals surface area contributed by atoms with E-state index in [0.717, 1.165) is 50.6 Å². The highest BCUT2D eigenvalue weighted by Gasteiger charge is 2.50. The Morgan fingerprint density at radius 3 is 2.87 bits per heavy atom. The van der Waals surface area contributed by atoms with Gasteiger partial charge in [0.1, 0.15) is 5.82 Å². The maximum atomic E-state index is 12.8. The molecule has 1 aliphatic heterocycles. The second-order valence-electron chi connectivity index (χ2n) is 7.45. The summed E-state index contributed by atoms with van der Waals surface area (Å²) in [6.07, 6.45) is 7.37. The summed E-state index contributed by atoms with van der Waals surface area (Å²) in [6.45, 7) is 4.66. The van der Waals surface area contributed by atoms with Crippen molar-refractivity contribution in [3.8, 4) is 0 Å². The van der Waals surface area contributed by atoms with Gasteiger partial charge in [0.15, 0.2) is 4.77 Å². The number of H-pyrrole nitrogens is 1. The van der Waals surface area contributed by atoms with Crippen molar-refractivity contribution in [2.45, 2.75) is 57.9 Å². The van der Waals surface area contributed by atoms with E-state index in [-0.39, 0.29) is 0 Å². The summed E-state index contributed by atoms with van der Waals surface area (Å²) in [5.41, 5.74) is 0. The number of hydrogen-bond acceptors (Lipinski definition) is 3. The molecule has 1 amide bonds. The van der Waals surface area contributed by atoms with Crippen LogP contribution < -0.4 is 0 Å². The first kappa shape index (κ1) is 15.4. The Labute approximate surface area is 142 Å². The van der Waals surface area contributed by atoms with Crippen LogP contribution in [0.25, 0.3) is 0 Å². The van der Waals surface area contributed by atoms with E-state index < -0.39 is 0 Å². The number of amides is 1. The summed E-state index contributed by atoms with van der Waals surface area (Å²) in [4.78, 5) is 14.9. The third-order valence-electron chi connectivity index (χ3n) is 6.11. The Morgan fingerprint density at radius 2 is 2.17 bits per heavy atom. The van der Waals surface area contributed by atoms with Crippen LogP contribution in [-0.4, -0.2) is 38.7 Å². The highest BCUT2D eigenvalue weighted by Crippen LogP contribution is 2.52. The molecule has 2 aliphatic carbocycles. The van der Waals surface area contributed by atoms with E-state index in [0.29, 0.717) is 28.4 Å². The van der Waals surface area contributed by atoms with Crippen molar-refractivity contribution >= 4 is 18.1 Å². The molecule has 3 aliphatic rings. The number of aromatic amines is 1. The number of aromatic nitrogens is 3. The SMILES string of the molecule is CCn1c([C@@H]2CCCN(C(=O)[C@H]3C[C@H]3C3CCC3)C2)n[nH]c1=S. The maximum absolute atomic E-state index is 12.8. The Balaban J connectivity index is 1.43. The molecule has 0 aromatic carbocycles. The summed E-state index contributed by atoms with van der Waals surface area (Å²) in [7, 11) is 0. The fraction of sp³-hybridized carbons (Fsp3) is 0.824. The van der Waals surface area contributed by atoms with Crippen molar-refractivity contribution in [3.63, 3.8) is 0 Å². The highest BCUT2D eigenvalue weighted by molar-refractivity contribution is 7.71. The summed E-state index contributed by atoms with van der Waals surface area (Å²) in [5.74, 6) is 3.63. The third-order valence-corrected chi connectivity index (χ3v) is 6.43. The van der Waals surface area contributed by atoms with Gasteiger partial charge in [-0.3, -0.25) is 9.89 Å². The van der Waals surface area contributed by atoms with E-state index in [1.165, 1.54) is 19.3 Å². The minimum absolute atomic E-state index is 0.321. The van der Waals surface area contributed by atoms with Crippen LogP contribution in [-0.2, 0) is 11.3 Å². The van der Waals surface area contributed by atoms with Crippen LogP contribution in [0.15, 0.2) is 0 Å². The molecule has 1 N–H and O–H groups in total. The van der Waals surface area contributed by atoms with E-state index in [9.17, 15) is 4.79 Å². The predicted molar refractivity (Wildman–Crippen MR) is 90.6 cm³/mol. The van der Waals surface area contributed by atoms with E-state index in [2.05, 4.69) is 26.6 Å². The van der Waals surface area contributed by atoms with E-state index in [1.807, 2.05) is 0 Å². The minimum atomic E-state index is 0.321. The number of piperidine rings is 1. The molecular formula is C17H26N4OS. The number of nitrogens with one attached hydrogen (secondary N) is 1. The van der Waals surface area contributed by atoms with Crippen molar-refractivity contribution < 1.29 is 4.79 Å². The van der Waals surface area contributed by atoms with Gasteiger partial charge in [0.05, 0.1) is 0 Å². The number of rotatable bonds is 4. The van der Waals surface area contributed by atoms with Gasteiger partial charge in [-0.25, -0.2) is 0 Å². The molecule has 23 heavy (non-hydrogen) atoms. The largest absolute Gasteiger partial charge is 0.342 e. The first-order valence-electron chi connectivity index (χ1n) is 9.13. The summed E-state index contributed by atoms with van der Waals surface area (Å²) >= 11 is 5.30. The van der Waals surface area contributed by atoms with Gasteiger partial charge in [-0.15, -0.1) is 0 Å². The van der Waals surface area contributed by atoms with E-state index in [1.54, 1.807) is 0 Å². The van der Waals surface area contributed by atoms with Crippen molar-refractivity contribution in [3.05, 3.63) is 10.6 Å². The molecule has 5 nitrogen and oxygen atoms in total. The molecule has 2 saturated carbocycles. The number of likely N-dealkylation sites (tertiary alicyclic amines) is 1. The lowest BCUT2D eigenvalue weighted by Crippen LogP contribution is -2.41. The second-order valence-corrected chi connectivity index (χ2v) is 7.84. The van der Waals surface area contributed by atoms with Gasteiger partial charge in [0, 0.05) is 31.5 Å². The van der Waals surface area contributed by atoms with Gasteiger partial charge in [-0.1, -0.05) is 19.3 Å². The van der Waals surface area contributed by atoms with Crippen LogP contribution >= 0.6 is 12.2 Å². The number of carbonyl (C=O) groups is 1. The fourth-order valence-electron chi connectivity index (χ4n) is 4.46. The topological polar surface area (TPSA) is 53.9 Å². The molecule has 3 atom stereocenters. The van der Waals surface area contributed by atoms with Crippen LogP contribution in [0.5, 0.6) is 0 Å². The Kier molecular flexibility index (Phi) is 4.03. The molecular weight excluding hydrogens is 308 g/mol. The predicted octanol–water partition coefficient (Wildman–Crippen LogP) is 3.10. The number of hydrogen-bond donors (Lipinski definition) is 1. The van der Waals surface area contributed by atoms with Crippen LogP contribution in [0.3, 0.4) is 0 Å². The molecule has 0 bridgehead atoms. The minimum Gasteiger partial charge on any atom is -0.342 e. The summed E-state index contributed by atoms with van der Waals surface area (Å²) < 4.78 is 2.76. The molecule has 1 aromatic rings. The zero-order chi connectivity index (χ0) is 16.0. The highest BCUT2D eigenvalue weighted by atomic mass is 32.1. The quantitative estimate of drug-likeness (QED) is 0.861. The van der Waals surface area contributed by atoms with Gasteiger partial charge < -0.3 is 9.47 Å². The van der Waals surface area contributed by atoms with Crippen LogP contribution in [0, 0.1) is 22.5 Å². The van der Waals surface area contributed by atoms with Gasteiger partial charge in [0.25, 0.3) is 0 Å². The molecule has 6 heteroatoms.